The van der Waals surface area contributed by atoms with Gasteiger partial charge in [-0.2, -0.15) is 0 Å². The van der Waals surface area contributed by atoms with Gasteiger partial charge in [0.1, 0.15) is 6.10 Å². The van der Waals surface area contributed by atoms with E-state index >= 15 is 0 Å². The Morgan fingerprint density at radius 2 is 0.806 bits per heavy atom. The molecule has 0 amide bonds. The first-order valence-electron chi connectivity index (χ1n) is 15.7. The standard InChI is InChI=1S/C31H60O5/c1-2-3-4-5-6-14-17-20-23-26-29(36-31(34)35)27-24-21-18-15-12-10-8-7-9-11-13-16-19-22-25-28-30(32)33/h29H,2-28H2,1H3,(H,32,33)(H,34,35). The Bertz CT molecular complexity index is 480. The number of ether oxygens (including phenoxy) is 1. The smallest absolute Gasteiger partial charge is 0.481 e. The van der Waals surface area contributed by atoms with Gasteiger partial charge in [-0.15, -0.1) is 0 Å². The molecule has 0 bridgehead atoms. The lowest BCUT2D eigenvalue weighted by Gasteiger charge is -2.16. The SMILES string of the molecule is CCCCCCCCCCCC(CCCCCCCCCCCCCCCCCC(=O)O)OC(=O)O. The van der Waals surface area contributed by atoms with Crippen molar-refractivity contribution in [2.24, 2.45) is 0 Å². The molecule has 0 spiro atoms. The lowest BCUT2D eigenvalue weighted by molar-refractivity contribution is -0.137. The van der Waals surface area contributed by atoms with Crippen LogP contribution in [-0.2, 0) is 9.53 Å². The number of unbranched alkanes of at least 4 members (excludes halogenated alkanes) is 22. The van der Waals surface area contributed by atoms with Crippen LogP contribution in [0.2, 0.25) is 0 Å². The van der Waals surface area contributed by atoms with Crippen LogP contribution in [0.25, 0.3) is 0 Å². The summed E-state index contributed by atoms with van der Waals surface area (Å²) in [6.07, 6.45) is 30.8. The first-order valence-corrected chi connectivity index (χ1v) is 15.7. The van der Waals surface area contributed by atoms with Crippen LogP contribution in [0.1, 0.15) is 180 Å². The molecule has 36 heavy (non-hydrogen) atoms. The van der Waals surface area contributed by atoms with Gasteiger partial charge in [0.25, 0.3) is 0 Å². The molecule has 0 saturated heterocycles. The lowest BCUT2D eigenvalue weighted by Crippen LogP contribution is -2.16. The highest BCUT2D eigenvalue weighted by atomic mass is 16.7. The van der Waals surface area contributed by atoms with Gasteiger partial charge >= 0.3 is 12.1 Å². The number of carboxylic acid groups (broad SMARTS) is 2. The van der Waals surface area contributed by atoms with E-state index in [1.807, 2.05) is 0 Å². The maximum Gasteiger partial charge on any atom is 0.506 e. The van der Waals surface area contributed by atoms with Crippen molar-refractivity contribution in [2.75, 3.05) is 0 Å². The average Bonchev–Trinajstić information content (AvgIpc) is 2.84. The van der Waals surface area contributed by atoms with Crippen molar-refractivity contribution in [3.05, 3.63) is 0 Å². The third-order valence-electron chi connectivity index (χ3n) is 7.31. The summed E-state index contributed by atoms with van der Waals surface area (Å²) in [4.78, 5) is 21.5. The van der Waals surface area contributed by atoms with Crippen molar-refractivity contribution in [3.8, 4) is 0 Å². The third kappa shape index (κ3) is 29.0. The molecule has 2 N–H and O–H groups in total. The quantitative estimate of drug-likeness (QED) is 0.0769. The van der Waals surface area contributed by atoms with Gasteiger partial charge in [-0.25, -0.2) is 4.79 Å². The van der Waals surface area contributed by atoms with Crippen molar-refractivity contribution >= 4 is 12.1 Å². The number of carbonyl (C=O) groups is 2. The van der Waals surface area contributed by atoms with E-state index in [9.17, 15) is 9.59 Å². The van der Waals surface area contributed by atoms with Crippen molar-refractivity contribution in [3.63, 3.8) is 0 Å². The molecule has 0 rings (SSSR count). The summed E-state index contributed by atoms with van der Waals surface area (Å²) in [6, 6.07) is 0. The van der Waals surface area contributed by atoms with Gasteiger partial charge in [-0.3, -0.25) is 4.79 Å². The van der Waals surface area contributed by atoms with Crippen LogP contribution in [-0.4, -0.2) is 28.4 Å². The summed E-state index contributed by atoms with van der Waals surface area (Å²) in [5.41, 5.74) is 0. The van der Waals surface area contributed by atoms with Crippen molar-refractivity contribution in [2.45, 2.75) is 186 Å². The van der Waals surface area contributed by atoms with E-state index in [2.05, 4.69) is 6.92 Å². The van der Waals surface area contributed by atoms with Gasteiger partial charge < -0.3 is 14.9 Å². The molecule has 0 aliphatic carbocycles. The molecule has 0 aliphatic heterocycles. The molecule has 0 heterocycles. The summed E-state index contributed by atoms with van der Waals surface area (Å²) in [5.74, 6) is -0.673. The number of rotatable bonds is 29. The predicted octanol–water partition coefficient (Wildman–Crippen LogP) is 10.7. The van der Waals surface area contributed by atoms with E-state index in [0.717, 1.165) is 38.5 Å². The van der Waals surface area contributed by atoms with E-state index in [1.165, 1.54) is 128 Å². The van der Waals surface area contributed by atoms with Gasteiger partial charge in [-0.05, 0) is 32.1 Å². The Morgan fingerprint density at radius 3 is 1.11 bits per heavy atom. The highest BCUT2D eigenvalue weighted by Gasteiger charge is 2.13. The van der Waals surface area contributed by atoms with E-state index < -0.39 is 12.1 Å². The Labute approximate surface area is 223 Å². The molecule has 0 aliphatic rings. The second-order valence-electron chi connectivity index (χ2n) is 10.9. The molecule has 1 unspecified atom stereocenters. The fourth-order valence-corrected chi connectivity index (χ4v) is 5.03. The summed E-state index contributed by atoms with van der Waals surface area (Å²) < 4.78 is 5.15. The Morgan fingerprint density at radius 1 is 0.500 bits per heavy atom. The van der Waals surface area contributed by atoms with Crippen molar-refractivity contribution < 1.29 is 24.5 Å². The number of hydrogen-bond donors (Lipinski definition) is 2. The van der Waals surface area contributed by atoms with Crippen LogP contribution >= 0.6 is 0 Å². The average molecular weight is 513 g/mol. The van der Waals surface area contributed by atoms with Gasteiger partial charge in [-0.1, -0.05) is 142 Å². The molecule has 0 aromatic rings. The maximum absolute atomic E-state index is 11.0. The fourth-order valence-electron chi connectivity index (χ4n) is 5.03. The van der Waals surface area contributed by atoms with E-state index in [1.54, 1.807) is 0 Å². The molecule has 214 valence electrons. The highest BCUT2D eigenvalue weighted by molar-refractivity contribution is 5.66. The zero-order valence-electron chi connectivity index (χ0n) is 23.8. The van der Waals surface area contributed by atoms with E-state index in [-0.39, 0.29) is 6.10 Å². The zero-order chi connectivity index (χ0) is 26.5. The lowest BCUT2D eigenvalue weighted by atomic mass is 10.0. The Hall–Kier alpha value is -1.26. The maximum atomic E-state index is 11.0. The summed E-state index contributed by atoms with van der Waals surface area (Å²) in [6.45, 7) is 2.25. The number of carboxylic acids is 1. The van der Waals surface area contributed by atoms with Crippen LogP contribution in [0.3, 0.4) is 0 Å². The zero-order valence-corrected chi connectivity index (χ0v) is 23.8. The fraction of sp³-hybridized carbons (Fsp3) is 0.935. The third-order valence-corrected chi connectivity index (χ3v) is 7.31. The molecule has 0 radical (unpaired) electrons. The molecule has 1 atom stereocenters. The normalized spacial score (nSPS) is 12.0. The number of hydrogen-bond acceptors (Lipinski definition) is 3. The first-order chi connectivity index (χ1) is 17.6. The van der Waals surface area contributed by atoms with Crippen LogP contribution in [0.5, 0.6) is 0 Å². The van der Waals surface area contributed by atoms with Gasteiger partial charge in [0.05, 0.1) is 0 Å². The van der Waals surface area contributed by atoms with Crippen molar-refractivity contribution in [1.82, 2.24) is 0 Å². The topological polar surface area (TPSA) is 83.8 Å². The van der Waals surface area contributed by atoms with Crippen LogP contribution in [0.4, 0.5) is 4.79 Å². The predicted molar refractivity (Wildman–Crippen MR) is 151 cm³/mol. The molecular weight excluding hydrogens is 452 g/mol. The molecule has 0 saturated carbocycles. The summed E-state index contributed by atoms with van der Waals surface area (Å²) in [7, 11) is 0. The largest absolute Gasteiger partial charge is 0.506 e. The highest BCUT2D eigenvalue weighted by Crippen LogP contribution is 2.18. The Balaban J connectivity index is 3.46. The second kappa shape index (κ2) is 28.3. The first kappa shape index (κ1) is 34.7. The minimum Gasteiger partial charge on any atom is -0.481 e. The van der Waals surface area contributed by atoms with Gasteiger partial charge in [0, 0.05) is 6.42 Å². The van der Waals surface area contributed by atoms with Crippen LogP contribution < -0.4 is 0 Å². The monoisotopic (exact) mass is 512 g/mol. The molecule has 0 fully saturated rings. The minimum absolute atomic E-state index is 0.114. The van der Waals surface area contributed by atoms with Gasteiger partial charge in [0.2, 0.25) is 0 Å². The molecule has 5 heteroatoms. The second-order valence-corrected chi connectivity index (χ2v) is 10.9. The molecular formula is C31H60O5. The minimum atomic E-state index is -1.12. The number of aliphatic carboxylic acids is 1. The molecule has 0 aromatic carbocycles. The van der Waals surface area contributed by atoms with Crippen LogP contribution in [0.15, 0.2) is 0 Å². The van der Waals surface area contributed by atoms with Crippen molar-refractivity contribution in [1.29, 1.82) is 0 Å². The Kier molecular flexibility index (Phi) is 27.3. The van der Waals surface area contributed by atoms with Gasteiger partial charge in [0.15, 0.2) is 0 Å². The van der Waals surface area contributed by atoms with Crippen LogP contribution in [0, 0.1) is 0 Å². The summed E-state index contributed by atoms with van der Waals surface area (Å²) >= 11 is 0. The van der Waals surface area contributed by atoms with E-state index in [4.69, 9.17) is 14.9 Å². The summed E-state index contributed by atoms with van der Waals surface area (Å²) in [5, 5.41) is 17.7. The molecule has 5 nitrogen and oxygen atoms in total. The molecule has 0 aromatic heterocycles. The van der Waals surface area contributed by atoms with E-state index in [0.29, 0.717) is 6.42 Å².